The summed E-state index contributed by atoms with van der Waals surface area (Å²) in [4.78, 5) is 51.6. The Labute approximate surface area is 189 Å². The summed E-state index contributed by atoms with van der Waals surface area (Å²) in [7, 11) is -3.31. The van der Waals surface area contributed by atoms with Gasteiger partial charge in [0.2, 0.25) is 0 Å². The molecule has 1 aromatic heterocycles. The van der Waals surface area contributed by atoms with E-state index in [-0.39, 0.29) is 12.5 Å². The number of aromatic nitrogens is 1. The van der Waals surface area contributed by atoms with Crippen molar-refractivity contribution in [1.29, 1.82) is 0 Å². The topological polar surface area (TPSA) is 175 Å². The molecule has 0 unspecified atom stereocenters. The third-order valence-electron chi connectivity index (χ3n) is 4.12. The van der Waals surface area contributed by atoms with Crippen molar-refractivity contribution >= 4 is 36.9 Å². The van der Waals surface area contributed by atoms with Gasteiger partial charge >= 0.3 is 13.9 Å². The molecule has 0 atom stereocenters. The summed E-state index contributed by atoms with van der Waals surface area (Å²) < 4.78 is 13.7. The number of methoxy groups -OCH3 is 1. The molecule has 0 fully saturated rings. The van der Waals surface area contributed by atoms with Gasteiger partial charge in [-0.15, -0.1) is 0 Å². The largest absolute Gasteiger partial charge is 0.466 e. The number of hydrogen-bond donors (Lipinski definition) is 5. The van der Waals surface area contributed by atoms with Crippen LogP contribution < -0.4 is 16.0 Å². The number of anilines is 3. The second-order valence-corrected chi connectivity index (χ2v) is 7.55. The molecule has 0 aliphatic carbocycles. The molecule has 0 saturated carbocycles. The highest BCUT2D eigenvalue weighted by molar-refractivity contribution is 7.45. The summed E-state index contributed by atoms with van der Waals surface area (Å²) in [6, 6.07) is 17.5. The minimum Gasteiger partial charge on any atom is -0.452 e. The number of carbonyl (C=O) groups excluding carboxylic acids is 2. The predicted molar refractivity (Wildman–Crippen MR) is 122 cm³/mol. The van der Waals surface area contributed by atoms with Crippen LogP contribution in [0.15, 0.2) is 73.1 Å². The molecule has 0 bridgehead atoms. The quantitative estimate of drug-likeness (QED) is 0.275. The Balaban J connectivity index is 0.000000696. The van der Waals surface area contributed by atoms with Crippen molar-refractivity contribution in [2.24, 2.45) is 0 Å². The van der Waals surface area contributed by atoms with Crippen LogP contribution in [-0.4, -0.2) is 38.8 Å². The van der Waals surface area contributed by atoms with E-state index >= 15 is 0 Å². The maximum atomic E-state index is 12.4. The highest BCUT2D eigenvalue weighted by atomic mass is 31.2. The Hall–Kier alpha value is -3.76. The van der Waals surface area contributed by atoms with E-state index in [1.165, 1.54) is 12.0 Å². The lowest BCUT2D eigenvalue weighted by atomic mass is 10.1. The lowest BCUT2D eigenvalue weighted by Crippen LogP contribution is -2.30. The third-order valence-corrected chi connectivity index (χ3v) is 4.12. The molecule has 0 spiro atoms. The molecular weight excluding hydrogens is 451 g/mol. The molecule has 174 valence electrons. The SMILES string of the molecule is COC(=O)N(Cc1ccc(C(=O)Nc2ccccc2N)cc1)c1cccnc1.O=P(O)(O)O. The van der Waals surface area contributed by atoms with Crippen LogP contribution in [0.3, 0.4) is 0 Å². The molecule has 0 radical (unpaired) electrons. The van der Waals surface area contributed by atoms with Crippen LogP contribution in [0.5, 0.6) is 0 Å². The van der Waals surface area contributed by atoms with Crippen LogP contribution in [0.4, 0.5) is 21.9 Å². The van der Waals surface area contributed by atoms with Crippen LogP contribution in [0, 0.1) is 0 Å². The van der Waals surface area contributed by atoms with Crippen molar-refractivity contribution < 1.29 is 33.6 Å². The summed E-state index contributed by atoms with van der Waals surface area (Å²) in [6.07, 6.45) is 2.73. The number of para-hydroxylation sites is 2. The fourth-order valence-corrected chi connectivity index (χ4v) is 2.63. The van der Waals surface area contributed by atoms with Crippen LogP contribution in [-0.2, 0) is 15.8 Å². The second-order valence-electron chi connectivity index (χ2n) is 6.52. The second kappa shape index (κ2) is 11.7. The zero-order valence-corrected chi connectivity index (χ0v) is 18.4. The average Bonchev–Trinajstić information content (AvgIpc) is 2.78. The van der Waals surface area contributed by atoms with Crippen LogP contribution in [0.1, 0.15) is 15.9 Å². The number of nitrogens with two attached hydrogens (primary N) is 1. The van der Waals surface area contributed by atoms with Gasteiger partial charge in [-0.05, 0) is 42.0 Å². The number of rotatable bonds is 5. The van der Waals surface area contributed by atoms with Crippen LogP contribution in [0.2, 0.25) is 0 Å². The molecule has 3 aromatic rings. The first-order valence-corrected chi connectivity index (χ1v) is 10.9. The maximum Gasteiger partial charge on any atom is 0.466 e. The summed E-state index contributed by atoms with van der Waals surface area (Å²) in [5, 5.41) is 2.78. The minimum atomic E-state index is -4.64. The highest BCUT2D eigenvalue weighted by Crippen LogP contribution is 2.25. The van der Waals surface area contributed by atoms with Gasteiger partial charge in [-0.3, -0.25) is 14.7 Å². The smallest absolute Gasteiger partial charge is 0.452 e. The first-order chi connectivity index (χ1) is 15.6. The van der Waals surface area contributed by atoms with Gasteiger partial charge in [0.05, 0.1) is 36.9 Å². The van der Waals surface area contributed by atoms with Crippen LogP contribution in [0.25, 0.3) is 0 Å². The van der Waals surface area contributed by atoms with E-state index in [0.29, 0.717) is 22.6 Å². The summed E-state index contributed by atoms with van der Waals surface area (Å²) >= 11 is 0. The molecular formula is C21H23N4O7P. The third kappa shape index (κ3) is 8.71. The Morgan fingerprint density at radius 3 is 2.24 bits per heavy atom. The zero-order valence-electron chi connectivity index (χ0n) is 17.5. The van der Waals surface area contributed by atoms with Crippen molar-refractivity contribution in [2.45, 2.75) is 6.54 Å². The number of amides is 2. The van der Waals surface area contributed by atoms with Crippen molar-refractivity contribution in [1.82, 2.24) is 4.98 Å². The standard InChI is InChI=1S/C21H20N4O3.H3O4P/c1-28-21(27)25(17-5-4-12-23-13-17)14-15-8-10-16(11-9-15)20(26)24-19-7-3-2-6-18(19)22;1-5(2,3)4/h2-13H,14,22H2,1H3,(H,24,26);(H3,1,2,3,4). The Morgan fingerprint density at radius 1 is 1.06 bits per heavy atom. The minimum absolute atomic E-state index is 0.262. The number of pyridine rings is 1. The molecule has 0 aliphatic heterocycles. The van der Waals surface area contributed by atoms with E-state index < -0.39 is 13.9 Å². The van der Waals surface area contributed by atoms with E-state index in [0.717, 1.165) is 5.56 Å². The monoisotopic (exact) mass is 474 g/mol. The number of hydrogen-bond acceptors (Lipinski definition) is 6. The first-order valence-electron chi connectivity index (χ1n) is 9.37. The number of ether oxygens (including phenoxy) is 1. The van der Waals surface area contributed by atoms with Gasteiger partial charge in [0.1, 0.15) is 0 Å². The number of benzene rings is 2. The molecule has 2 aromatic carbocycles. The summed E-state index contributed by atoms with van der Waals surface area (Å²) in [5.41, 5.74) is 8.85. The fourth-order valence-electron chi connectivity index (χ4n) is 2.63. The average molecular weight is 474 g/mol. The number of carbonyl (C=O) groups is 2. The van der Waals surface area contributed by atoms with Crippen molar-refractivity contribution in [3.05, 3.63) is 84.2 Å². The van der Waals surface area contributed by atoms with Crippen molar-refractivity contribution in [3.8, 4) is 0 Å². The molecule has 0 saturated heterocycles. The molecule has 11 nitrogen and oxygen atoms in total. The molecule has 2 amide bonds. The molecule has 33 heavy (non-hydrogen) atoms. The van der Waals surface area contributed by atoms with Gasteiger partial charge in [-0.25, -0.2) is 9.36 Å². The van der Waals surface area contributed by atoms with E-state index in [4.69, 9.17) is 29.7 Å². The van der Waals surface area contributed by atoms with Gasteiger partial charge < -0.3 is 30.5 Å². The number of nitrogens with one attached hydrogen (secondary N) is 1. The number of nitrogens with zero attached hydrogens (tertiary/aromatic N) is 2. The summed E-state index contributed by atoms with van der Waals surface area (Å²) in [5.74, 6) is -0.262. The van der Waals surface area contributed by atoms with Crippen molar-refractivity contribution in [2.75, 3.05) is 23.1 Å². The van der Waals surface area contributed by atoms with Gasteiger partial charge in [0, 0.05) is 11.8 Å². The van der Waals surface area contributed by atoms with Crippen LogP contribution >= 0.6 is 7.82 Å². The Morgan fingerprint density at radius 2 is 1.70 bits per heavy atom. The molecule has 0 aliphatic rings. The zero-order chi connectivity index (χ0) is 24.4. The van der Waals surface area contributed by atoms with E-state index in [1.807, 2.05) is 0 Å². The molecule has 1 heterocycles. The van der Waals surface area contributed by atoms with E-state index in [2.05, 4.69) is 10.3 Å². The Kier molecular flexibility index (Phi) is 9.08. The highest BCUT2D eigenvalue weighted by Gasteiger charge is 2.17. The molecule has 6 N–H and O–H groups in total. The number of nitrogen functional groups attached to an aromatic ring is 1. The predicted octanol–water partition coefficient (Wildman–Crippen LogP) is 2.76. The number of phosphoric acid groups is 1. The molecule has 12 heteroatoms. The first kappa shape index (κ1) is 25.5. The van der Waals surface area contributed by atoms with Gasteiger partial charge in [0.25, 0.3) is 5.91 Å². The molecule has 3 rings (SSSR count). The Bertz CT molecular complexity index is 1110. The van der Waals surface area contributed by atoms with Gasteiger partial charge in [-0.2, -0.15) is 0 Å². The lowest BCUT2D eigenvalue weighted by molar-refractivity contribution is 0.102. The van der Waals surface area contributed by atoms with Gasteiger partial charge in [0.15, 0.2) is 0 Å². The van der Waals surface area contributed by atoms with Gasteiger partial charge in [-0.1, -0.05) is 24.3 Å². The van der Waals surface area contributed by atoms with E-state index in [1.54, 1.807) is 73.1 Å². The fraction of sp³-hybridized carbons (Fsp3) is 0.0952. The lowest BCUT2D eigenvalue weighted by Gasteiger charge is -2.21. The van der Waals surface area contributed by atoms with E-state index in [9.17, 15) is 9.59 Å². The van der Waals surface area contributed by atoms with Crippen molar-refractivity contribution in [3.63, 3.8) is 0 Å². The maximum absolute atomic E-state index is 12.4. The normalized spacial score (nSPS) is 10.4. The summed E-state index contributed by atoms with van der Waals surface area (Å²) in [6.45, 7) is 0.284.